The van der Waals surface area contributed by atoms with Crippen LogP contribution in [0.3, 0.4) is 0 Å². The average molecular weight is 378 g/mol. The molecule has 2 heterocycles. The Morgan fingerprint density at radius 1 is 1.31 bits per heavy atom. The summed E-state index contributed by atoms with van der Waals surface area (Å²) in [5.74, 6) is 0.429. The number of carbonyl (C=O) groups excluding carboxylic acids is 1. The van der Waals surface area contributed by atoms with Crippen LogP contribution < -0.4 is 0 Å². The van der Waals surface area contributed by atoms with Crippen molar-refractivity contribution >= 4 is 21.4 Å². The van der Waals surface area contributed by atoms with Crippen LogP contribution in [0.2, 0.25) is 0 Å². The molecular formula is C17H18N2O6S. The Morgan fingerprint density at radius 2 is 2.04 bits per heavy atom. The van der Waals surface area contributed by atoms with Crippen molar-refractivity contribution in [2.45, 2.75) is 25.9 Å². The Kier molecular flexibility index (Phi) is 4.82. The van der Waals surface area contributed by atoms with Crippen molar-refractivity contribution in [3.05, 3.63) is 63.6 Å². The van der Waals surface area contributed by atoms with Crippen LogP contribution in [0.25, 0.3) is 0 Å². The quantitative estimate of drug-likeness (QED) is 0.583. The molecule has 1 aliphatic heterocycles. The number of hydrogen-bond donors (Lipinski definition) is 0. The fraction of sp³-hybridized carbons (Fsp3) is 0.353. The Labute approximate surface area is 150 Å². The monoisotopic (exact) mass is 378 g/mol. The van der Waals surface area contributed by atoms with E-state index in [4.69, 9.17) is 4.42 Å². The maximum atomic E-state index is 13.1. The van der Waals surface area contributed by atoms with Crippen molar-refractivity contribution in [1.82, 2.24) is 4.90 Å². The van der Waals surface area contributed by atoms with Crippen molar-refractivity contribution in [3.8, 4) is 0 Å². The number of furan rings is 1. The van der Waals surface area contributed by atoms with Crippen molar-refractivity contribution in [2.24, 2.45) is 0 Å². The van der Waals surface area contributed by atoms with Gasteiger partial charge in [0, 0.05) is 12.1 Å². The van der Waals surface area contributed by atoms with Crippen LogP contribution in [0.1, 0.15) is 28.3 Å². The molecule has 1 aromatic heterocycles. The minimum absolute atomic E-state index is 0.00445. The van der Waals surface area contributed by atoms with Gasteiger partial charge >= 0.3 is 0 Å². The summed E-state index contributed by atoms with van der Waals surface area (Å²) in [6.07, 6.45) is 0.300. The Morgan fingerprint density at radius 3 is 2.62 bits per heavy atom. The van der Waals surface area contributed by atoms with Crippen LogP contribution in [0.5, 0.6) is 0 Å². The van der Waals surface area contributed by atoms with Gasteiger partial charge in [0.1, 0.15) is 17.1 Å². The topological polar surface area (TPSA) is 111 Å². The molecular weight excluding hydrogens is 360 g/mol. The summed E-state index contributed by atoms with van der Waals surface area (Å²) in [6.45, 7) is 1.82. The van der Waals surface area contributed by atoms with Gasteiger partial charge in [-0.15, -0.1) is 0 Å². The van der Waals surface area contributed by atoms with E-state index in [1.807, 2.05) is 0 Å². The largest absolute Gasteiger partial charge is 0.464 e. The highest BCUT2D eigenvalue weighted by molar-refractivity contribution is 7.91. The molecule has 0 unspecified atom stereocenters. The summed E-state index contributed by atoms with van der Waals surface area (Å²) in [4.78, 5) is 25.1. The molecule has 1 atom stereocenters. The minimum atomic E-state index is -3.23. The van der Waals surface area contributed by atoms with Gasteiger partial charge < -0.3 is 9.32 Å². The van der Waals surface area contributed by atoms with Gasteiger partial charge in [0.25, 0.3) is 11.6 Å². The zero-order chi connectivity index (χ0) is 18.9. The number of aryl methyl sites for hydroxylation is 1. The van der Waals surface area contributed by atoms with E-state index in [9.17, 15) is 23.3 Å². The van der Waals surface area contributed by atoms with Gasteiger partial charge in [-0.2, -0.15) is 0 Å². The lowest BCUT2D eigenvalue weighted by Gasteiger charge is -2.27. The third-order valence-electron chi connectivity index (χ3n) is 4.36. The maximum Gasteiger partial charge on any atom is 0.282 e. The maximum absolute atomic E-state index is 13.1. The fourth-order valence-corrected chi connectivity index (χ4v) is 4.83. The molecule has 3 rings (SSSR count). The predicted octanol–water partition coefficient (Wildman–Crippen LogP) is 2.33. The standard InChI is InChI=1S/C17H18N2O6S/c1-12-6-7-14(25-12)10-18(13-8-9-26(23,24)11-13)17(20)15-4-2-3-5-16(15)19(21)22/h2-7,13H,8-11H2,1H3/t13-/m1/s1. The third kappa shape index (κ3) is 3.77. The van der Waals surface area contributed by atoms with E-state index in [0.717, 1.165) is 0 Å². The number of amides is 1. The second kappa shape index (κ2) is 6.91. The summed E-state index contributed by atoms with van der Waals surface area (Å²) in [6, 6.07) is 8.57. The Balaban J connectivity index is 1.97. The molecule has 0 aliphatic carbocycles. The molecule has 9 heteroatoms. The number of nitro benzene ring substituents is 1. The normalized spacial score (nSPS) is 18.6. The van der Waals surface area contributed by atoms with Gasteiger partial charge in [-0.05, 0) is 31.5 Å². The summed E-state index contributed by atoms with van der Waals surface area (Å²) in [5, 5.41) is 11.3. The molecule has 1 saturated heterocycles. The number of sulfone groups is 1. The highest BCUT2D eigenvalue weighted by Gasteiger charge is 2.37. The van der Waals surface area contributed by atoms with Gasteiger partial charge in [0.15, 0.2) is 9.84 Å². The van der Waals surface area contributed by atoms with Gasteiger partial charge in [-0.3, -0.25) is 14.9 Å². The first-order chi connectivity index (χ1) is 12.3. The fourth-order valence-electron chi connectivity index (χ4n) is 3.09. The SMILES string of the molecule is Cc1ccc(CN(C(=O)c2ccccc2[N+](=O)[O-])[C@@H]2CCS(=O)(=O)C2)o1. The van der Waals surface area contributed by atoms with Crippen molar-refractivity contribution in [2.75, 3.05) is 11.5 Å². The zero-order valence-electron chi connectivity index (χ0n) is 14.1. The molecule has 2 aromatic rings. The highest BCUT2D eigenvalue weighted by Crippen LogP contribution is 2.26. The number of rotatable bonds is 5. The first-order valence-electron chi connectivity index (χ1n) is 8.07. The van der Waals surface area contributed by atoms with Crippen LogP contribution in [0.4, 0.5) is 5.69 Å². The molecule has 138 valence electrons. The van der Waals surface area contributed by atoms with E-state index in [1.54, 1.807) is 25.1 Å². The molecule has 1 fully saturated rings. The molecule has 26 heavy (non-hydrogen) atoms. The minimum Gasteiger partial charge on any atom is -0.464 e. The summed E-state index contributed by atoms with van der Waals surface area (Å²) in [7, 11) is -3.23. The summed E-state index contributed by atoms with van der Waals surface area (Å²) < 4.78 is 29.2. The van der Waals surface area contributed by atoms with Gasteiger partial charge in [0.05, 0.1) is 23.0 Å². The lowest BCUT2D eigenvalue weighted by atomic mass is 10.1. The molecule has 1 amide bonds. The third-order valence-corrected chi connectivity index (χ3v) is 6.11. The Bertz CT molecular complexity index is 950. The smallest absolute Gasteiger partial charge is 0.282 e. The van der Waals surface area contributed by atoms with E-state index in [1.165, 1.54) is 23.1 Å². The number of para-hydroxylation sites is 1. The summed E-state index contributed by atoms with van der Waals surface area (Å²) >= 11 is 0. The first kappa shape index (κ1) is 18.1. The number of nitro groups is 1. The number of hydrogen-bond acceptors (Lipinski definition) is 6. The number of carbonyl (C=O) groups is 1. The van der Waals surface area contributed by atoms with E-state index in [0.29, 0.717) is 17.9 Å². The molecule has 1 aromatic carbocycles. The molecule has 0 N–H and O–H groups in total. The van der Waals surface area contributed by atoms with Crippen LogP contribution in [-0.2, 0) is 16.4 Å². The second-order valence-corrected chi connectivity index (χ2v) is 8.51. The lowest BCUT2D eigenvalue weighted by Crippen LogP contribution is -2.40. The highest BCUT2D eigenvalue weighted by atomic mass is 32.2. The van der Waals surface area contributed by atoms with Gasteiger partial charge in [-0.1, -0.05) is 12.1 Å². The second-order valence-electron chi connectivity index (χ2n) is 6.28. The van der Waals surface area contributed by atoms with Crippen LogP contribution in [0.15, 0.2) is 40.8 Å². The van der Waals surface area contributed by atoms with Gasteiger partial charge in [0.2, 0.25) is 0 Å². The number of nitrogens with zero attached hydrogens (tertiary/aromatic N) is 2. The van der Waals surface area contributed by atoms with Gasteiger partial charge in [-0.25, -0.2) is 8.42 Å². The number of benzene rings is 1. The molecule has 8 nitrogen and oxygen atoms in total. The van der Waals surface area contributed by atoms with Crippen LogP contribution in [-0.4, -0.2) is 41.7 Å². The van der Waals surface area contributed by atoms with Crippen molar-refractivity contribution in [3.63, 3.8) is 0 Å². The van der Waals surface area contributed by atoms with E-state index in [2.05, 4.69) is 0 Å². The van der Waals surface area contributed by atoms with E-state index >= 15 is 0 Å². The molecule has 1 aliphatic rings. The molecule has 0 radical (unpaired) electrons. The van der Waals surface area contributed by atoms with E-state index < -0.39 is 26.7 Å². The van der Waals surface area contributed by atoms with Crippen molar-refractivity contribution < 1.29 is 22.6 Å². The lowest BCUT2D eigenvalue weighted by molar-refractivity contribution is -0.385. The molecule has 0 spiro atoms. The Hall–Kier alpha value is -2.68. The zero-order valence-corrected chi connectivity index (χ0v) is 14.9. The van der Waals surface area contributed by atoms with Crippen LogP contribution >= 0.6 is 0 Å². The van der Waals surface area contributed by atoms with Crippen molar-refractivity contribution in [1.29, 1.82) is 0 Å². The molecule has 0 bridgehead atoms. The van der Waals surface area contributed by atoms with Crippen LogP contribution in [0, 0.1) is 17.0 Å². The predicted molar refractivity (Wildman–Crippen MR) is 93.5 cm³/mol. The summed E-state index contributed by atoms with van der Waals surface area (Å²) in [5.41, 5.74) is -0.371. The molecule has 0 saturated carbocycles. The first-order valence-corrected chi connectivity index (χ1v) is 9.89. The average Bonchev–Trinajstić information content (AvgIpc) is 3.16. The van der Waals surface area contributed by atoms with E-state index in [-0.39, 0.29) is 29.3 Å².